The lowest BCUT2D eigenvalue weighted by atomic mass is 9.90. The number of hydrogen-bond acceptors (Lipinski definition) is 3. The average molecular weight is 356 g/mol. The molecule has 2 aromatic rings. The first-order valence-electron chi connectivity index (χ1n) is 8.43. The highest BCUT2D eigenvalue weighted by molar-refractivity contribution is 5.52. The van der Waals surface area contributed by atoms with Crippen LogP contribution in [0.5, 0.6) is 0 Å². The minimum Gasteiger partial charge on any atom is -0.348 e. The van der Waals surface area contributed by atoms with E-state index in [1.807, 2.05) is 39.0 Å². The third kappa shape index (κ3) is 3.51. The van der Waals surface area contributed by atoms with Crippen LogP contribution in [0.1, 0.15) is 45.0 Å². The molecule has 0 atom stereocenters. The lowest BCUT2D eigenvalue weighted by molar-refractivity contribution is 0.333. The van der Waals surface area contributed by atoms with Crippen LogP contribution in [0.3, 0.4) is 0 Å². The number of aromatic amines is 2. The SMILES string of the molecule is CC(C)(C)c1[nH]cnc1/C=c1/c(=O)[nH]/c(=C\C2=CCCC=C2)c(=O)n1F. The van der Waals surface area contributed by atoms with Gasteiger partial charge in [0.2, 0.25) is 0 Å². The predicted molar refractivity (Wildman–Crippen MR) is 98.9 cm³/mol. The number of aromatic nitrogens is 4. The van der Waals surface area contributed by atoms with Crippen LogP contribution >= 0.6 is 0 Å². The fraction of sp³-hybridized carbons (Fsp3) is 0.316. The van der Waals surface area contributed by atoms with Crippen molar-refractivity contribution in [2.75, 3.05) is 0 Å². The van der Waals surface area contributed by atoms with Crippen molar-refractivity contribution in [1.82, 2.24) is 19.7 Å². The van der Waals surface area contributed by atoms with E-state index in [0.717, 1.165) is 24.1 Å². The highest BCUT2D eigenvalue weighted by Gasteiger charge is 2.19. The molecule has 136 valence electrons. The van der Waals surface area contributed by atoms with Gasteiger partial charge in [0.1, 0.15) is 10.7 Å². The van der Waals surface area contributed by atoms with Gasteiger partial charge in [-0.05, 0) is 30.6 Å². The molecule has 0 bridgehead atoms. The lowest BCUT2D eigenvalue weighted by Gasteiger charge is -2.16. The van der Waals surface area contributed by atoms with Crippen LogP contribution in [0.4, 0.5) is 4.48 Å². The van der Waals surface area contributed by atoms with Gasteiger partial charge in [-0.15, -0.1) is 4.79 Å². The largest absolute Gasteiger partial charge is 0.348 e. The fourth-order valence-corrected chi connectivity index (χ4v) is 2.82. The minimum atomic E-state index is -0.913. The molecule has 0 fully saturated rings. The van der Waals surface area contributed by atoms with Gasteiger partial charge >= 0.3 is 5.56 Å². The van der Waals surface area contributed by atoms with Crippen molar-refractivity contribution in [2.45, 2.75) is 39.0 Å². The summed E-state index contributed by atoms with van der Waals surface area (Å²) in [6.45, 7) is 5.90. The second kappa shape index (κ2) is 6.74. The molecule has 0 radical (unpaired) electrons. The van der Waals surface area contributed by atoms with E-state index in [1.54, 1.807) is 0 Å². The van der Waals surface area contributed by atoms with Gasteiger partial charge in [-0.3, -0.25) is 9.59 Å². The van der Waals surface area contributed by atoms with Gasteiger partial charge in [-0.2, -0.15) is 0 Å². The van der Waals surface area contributed by atoms with Crippen molar-refractivity contribution in [3.05, 3.63) is 72.9 Å². The van der Waals surface area contributed by atoms with E-state index < -0.39 is 16.5 Å². The Morgan fingerprint density at radius 2 is 2.00 bits per heavy atom. The summed E-state index contributed by atoms with van der Waals surface area (Å²) in [5.74, 6) is 0. The summed E-state index contributed by atoms with van der Waals surface area (Å²) in [5, 5.41) is -0.483. The van der Waals surface area contributed by atoms with Gasteiger partial charge in [0.05, 0.1) is 12.0 Å². The zero-order chi connectivity index (χ0) is 18.9. The maximum atomic E-state index is 14.6. The second-order valence-electron chi connectivity index (χ2n) is 7.22. The Bertz CT molecular complexity index is 1120. The van der Waals surface area contributed by atoms with Gasteiger partial charge in [0, 0.05) is 11.1 Å². The number of nitrogens with one attached hydrogen (secondary N) is 2. The van der Waals surface area contributed by atoms with E-state index in [1.165, 1.54) is 18.5 Å². The molecule has 0 saturated carbocycles. The third-order valence-electron chi connectivity index (χ3n) is 4.13. The average Bonchev–Trinajstić information content (AvgIpc) is 3.06. The third-order valence-corrected chi connectivity index (χ3v) is 4.13. The normalized spacial score (nSPS) is 16.2. The summed E-state index contributed by atoms with van der Waals surface area (Å²) in [6, 6.07) is 0. The monoisotopic (exact) mass is 356 g/mol. The summed E-state index contributed by atoms with van der Waals surface area (Å²) in [4.78, 5) is 34.2. The van der Waals surface area contributed by atoms with Crippen LogP contribution in [-0.4, -0.2) is 19.7 Å². The van der Waals surface area contributed by atoms with E-state index in [2.05, 4.69) is 15.0 Å². The van der Waals surface area contributed by atoms with Crippen LogP contribution < -0.4 is 21.8 Å². The van der Waals surface area contributed by atoms with E-state index in [9.17, 15) is 14.1 Å². The molecule has 0 spiro atoms. The van der Waals surface area contributed by atoms with Gasteiger partial charge in [0.15, 0.2) is 0 Å². The quantitative estimate of drug-likeness (QED) is 0.847. The van der Waals surface area contributed by atoms with Gasteiger partial charge < -0.3 is 9.97 Å². The highest BCUT2D eigenvalue weighted by atomic mass is 19.2. The molecule has 26 heavy (non-hydrogen) atoms. The maximum Gasteiger partial charge on any atom is 0.303 e. The van der Waals surface area contributed by atoms with Gasteiger partial charge in [-0.25, -0.2) is 4.98 Å². The number of imidazole rings is 1. The molecule has 2 N–H and O–H groups in total. The summed E-state index contributed by atoms with van der Waals surface area (Å²) in [6.07, 6.45) is 11.7. The van der Waals surface area contributed by atoms with Gasteiger partial charge in [-0.1, -0.05) is 43.5 Å². The summed E-state index contributed by atoms with van der Waals surface area (Å²) in [7, 11) is 0. The molecular weight excluding hydrogens is 335 g/mol. The van der Waals surface area contributed by atoms with E-state index in [4.69, 9.17) is 0 Å². The van der Waals surface area contributed by atoms with Crippen LogP contribution in [0.25, 0.3) is 12.2 Å². The molecule has 0 saturated heterocycles. The second-order valence-corrected chi connectivity index (χ2v) is 7.22. The van der Waals surface area contributed by atoms with E-state index >= 15 is 0 Å². The maximum absolute atomic E-state index is 14.6. The van der Waals surface area contributed by atoms with Crippen molar-refractivity contribution in [2.24, 2.45) is 0 Å². The summed E-state index contributed by atoms with van der Waals surface area (Å²) in [5.41, 5.74) is 0.0542. The van der Waals surface area contributed by atoms with E-state index in [0.29, 0.717) is 5.69 Å². The number of nitrogens with zero attached hydrogens (tertiary/aromatic N) is 2. The van der Waals surface area contributed by atoms with Crippen molar-refractivity contribution < 1.29 is 4.48 Å². The number of rotatable bonds is 2. The Kier molecular flexibility index (Phi) is 4.63. The summed E-state index contributed by atoms with van der Waals surface area (Å²) >= 11 is 0. The molecule has 0 unspecified atom stereocenters. The lowest BCUT2D eigenvalue weighted by Crippen LogP contribution is -2.51. The Morgan fingerprint density at radius 3 is 2.65 bits per heavy atom. The summed E-state index contributed by atoms with van der Waals surface area (Å²) < 4.78 is 14.6. The molecular formula is C19H21FN4O2. The van der Waals surface area contributed by atoms with Crippen LogP contribution in [-0.2, 0) is 5.41 Å². The number of H-pyrrole nitrogens is 2. The zero-order valence-corrected chi connectivity index (χ0v) is 15.0. The molecule has 7 heteroatoms. The standard InChI is InChI=1S/C19H21FN4O2/c1-19(2,3)16-13(21-11-22-16)10-15-17(25)23-14(18(26)24(15)20)9-12-7-5-4-6-8-12/h5,7-11H,4,6H2,1-3H3,(H,21,22)(H,23,25)/b14-9-,15-10-. The molecule has 3 rings (SSSR count). The van der Waals surface area contributed by atoms with Crippen molar-refractivity contribution in [3.63, 3.8) is 0 Å². The Morgan fingerprint density at radius 1 is 1.23 bits per heavy atom. The Hall–Kier alpha value is -2.96. The Labute approximate surface area is 149 Å². The Balaban J connectivity index is 2.19. The van der Waals surface area contributed by atoms with Crippen molar-refractivity contribution >= 4 is 12.2 Å². The molecule has 6 nitrogen and oxygen atoms in total. The molecule has 0 amide bonds. The fourth-order valence-electron chi connectivity index (χ4n) is 2.82. The van der Waals surface area contributed by atoms with Crippen molar-refractivity contribution in [3.8, 4) is 0 Å². The molecule has 0 aliphatic heterocycles. The molecule has 1 aliphatic carbocycles. The first kappa shape index (κ1) is 17.8. The minimum absolute atomic E-state index is 0.0921. The number of halogens is 1. The molecule has 0 aromatic carbocycles. The highest BCUT2D eigenvalue weighted by Crippen LogP contribution is 2.22. The van der Waals surface area contributed by atoms with E-state index in [-0.39, 0.29) is 15.6 Å². The van der Waals surface area contributed by atoms with Crippen LogP contribution in [0.2, 0.25) is 0 Å². The number of hydrogen-bond donors (Lipinski definition) is 2. The van der Waals surface area contributed by atoms with Gasteiger partial charge in [0.25, 0.3) is 5.56 Å². The number of allylic oxidation sites excluding steroid dienone is 4. The molecule has 1 aliphatic rings. The first-order valence-corrected chi connectivity index (χ1v) is 8.43. The van der Waals surface area contributed by atoms with Crippen molar-refractivity contribution in [1.29, 1.82) is 0 Å². The molecule has 2 aromatic heterocycles. The zero-order valence-electron chi connectivity index (χ0n) is 15.0. The first-order chi connectivity index (χ1) is 12.3. The molecule has 2 heterocycles. The smallest absolute Gasteiger partial charge is 0.303 e. The predicted octanol–water partition coefficient (Wildman–Crippen LogP) is 1.18. The van der Waals surface area contributed by atoms with Crippen LogP contribution in [0, 0.1) is 0 Å². The van der Waals surface area contributed by atoms with Crippen LogP contribution in [0.15, 0.2) is 39.7 Å². The topological polar surface area (TPSA) is 83.5 Å².